The standard InChI is InChI=1S/C23H24N4O/c1-4-16-10-12-17(13-11-16)23(28)24-21-14-19(25-26-21)22-15(3)18-8-6-7-9-20(18)27(22)5-2/h6-14H,4-5H2,1-3H3,(H2,24,25,26,28). The molecule has 0 saturated heterocycles. The highest BCUT2D eigenvalue weighted by molar-refractivity contribution is 6.04. The lowest BCUT2D eigenvalue weighted by Crippen LogP contribution is -2.12. The second-order valence-electron chi connectivity index (χ2n) is 6.91. The molecule has 5 nitrogen and oxygen atoms in total. The average molecular weight is 372 g/mol. The van der Waals surface area contributed by atoms with Crippen molar-refractivity contribution in [2.24, 2.45) is 0 Å². The number of H-pyrrole nitrogens is 1. The monoisotopic (exact) mass is 372 g/mol. The molecule has 2 aromatic heterocycles. The van der Waals surface area contributed by atoms with E-state index in [1.165, 1.54) is 22.0 Å². The third kappa shape index (κ3) is 3.09. The number of hydrogen-bond donors (Lipinski definition) is 2. The summed E-state index contributed by atoms with van der Waals surface area (Å²) < 4.78 is 2.27. The summed E-state index contributed by atoms with van der Waals surface area (Å²) in [6, 6.07) is 17.9. The Morgan fingerprint density at radius 1 is 1.11 bits per heavy atom. The van der Waals surface area contributed by atoms with Crippen molar-refractivity contribution >= 4 is 22.6 Å². The zero-order valence-corrected chi connectivity index (χ0v) is 16.4. The van der Waals surface area contributed by atoms with Crippen LogP contribution in [-0.2, 0) is 13.0 Å². The summed E-state index contributed by atoms with van der Waals surface area (Å²) >= 11 is 0. The van der Waals surface area contributed by atoms with Crippen LogP contribution in [0.1, 0.15) is 35.3 Å². The van der Waals surface area contributed by atoms with E-state index in [0.29, 0.717) is 11.4 Å². The summed E-state index contributed by atoms with van der Waals surface area (Å²) in [5.74, 6) is 0.361. The average Bonchev–Trinajstić information content (AvgIpc) is 3.30. The molecule has 2 heterocycles. The van der Waals surface area contributed by atoms with E-state index in [1.807, 2.05) is 30.3 Å². The highest BCUT2D eigenvalue weighted by Gasteiger charge is 2.17. The van der Waals surface area contributed by atoms with Gasteiger partial charge in [0.2, 0.25) is 0 Å². The van der Waals surface area contributed by atoms with Crippen molar-refractivity contribution in [1.82, 2.24) is 14.8 Å². The van der Waals surface area contributed by atoms with Crippen LogP contribution < -0.4 is 5.32 Å². The molecule has 4 rings (SSSR count). The Balaban J connectivity index is 1.64. The van der Waals surface area contributed by atoms with Crippen LogP contribution in [0.4, 0.5) is 5.82 Å². The van der Waals surface area contributed by atoms with Gasteiger partial charge in [-0.25, -0.2) is 0 Å². The number of carbonyl (C=O) groups excluding carboxylic acids is 1. The molecule has 0 unspecified atom stereocenters. The minimum Gasteiger partial charge on any atom is -0.339 e. The maximum atomic E-state index is 12.5. The molecule has 0 bridgehead atoms. The molecule has 0 saturated carbocycles. The molecule has 0 aliphatic carbocycles. The predicted octanol–water partition coefficient (Wildman–Crippen LogP) is 5.17. The van der Waals surface area contributed by atoms with Crippen molar-refractivity contribution in [2.75, 3.05) is 5.32 Å². The number of aromatic nitrogens is 3. The maximum absolute atomic E-state index is 12.5. The Kier molecular flexibility index (Phi) is 4.74. The number of hydrogen-bond acceptors (Lipinski definition) is 2. The van der Waals surface area contributed by atoms with Gasteiger partial charge in [-0.05, 0) is 49.6 Å². The lowest BCUT2D eigenvalue weighted by molar-refractivity contribution is 0.102. The van der Waals surface area contributed by atoms with Crippen LogP contribution in [0.2, 0.25) is 0 Å². The number of rotatable bonds is 5. The first-order valence-corrected chi connectivity index (χ1v) is 9.66. The lowest BCUT2D eigenvalue weighted by Gasteiger charge is -2.06. The van der Waals surface area contributed by atoms with Gasteiger partial charge in [0.05, 0.1) is 11.4 Å². The van der Waals surface area contributed by atoms with Crippen LogP contribution >= 0.6 is 0 Å². The number of fused-ring (bicyclic) bond motifs is 1. The quantitative estimate of drug-likeness (QED) is 0.507. The van der Waals surface area contributed by atoms with Gasteiger partial charge in [-0.3, -0.25) is 9.89 Å². The van der Waals surface area contributed by atoms with E-state index >= 15 is 0 Å². The first-order chi connectivity index (χ1) is 13.6. The number of nitrogens with one attached hydrogen (secondary N) is 2. The highest BCUT2D eigenvalue weighted by Crippen LogP contribution is 2.33. The molecule has 28 heavy (non-hydrogen) atoms. The number of nitrogens with zero attached hydrogens (tertiary/aromatic N) is 2. The fraction of sp³-hybridized carbons (Fsp3) is 0.217. The summed E-state index contributed by atoms with van der Waals surface area (Å²) in [5, 5.41) is 11.5. The first-order valence-electron chi connectivity index (χ1n) is 9.66. The summed E-state index contributed by atoms with van der Waals surface area (Å²) in [6.07, 6.45) is 0.954. The molecule has 0 radical (unpaired) electrons. The molecule has 0 fully saturated rings. The van der Waals surface area contributed by atoms with E-state index in [2.05, 4.69) is 65.1 Å². The lowest BCUT2D eigenvalue weighted by atomic mass is 10.1. The van der Waals surface area contributed by atoms with E-state index in [4.69, 9.17) is 0 Å². The van der Waals surface area contributed by atoms with Crippen molar-refractivity contribution in [2.45, 2.75) is 33.7 Å². The summed E-state index contributed by atoms with van der Waals surface area (Å²) in [6.45, 7) is 7.21. The van der Waals surface area contributed by atoms with Gasteiger partial charge in [-0.1, -0.05) is 37.3 Å². The van der Waals surface area contributed by atoms with Crippen LogP contribution in [0.25, 0.3) is 22.3 Å². The van der Waals surface area contributed by atoms with Gasteiger partial charge in [-0.2, -0.15) is 5.10 Å². The number of anilines is 1. The van der Waals surface area contributed by atoms with Crippen molar-refractivity contribution < 1.29 is 4.79 Å². The van der Waals surface area contributed by atoms with Crippen molar-refractivity contribution in [1.29, 1.82) is 0 Å². The second-order valence-corrected chi connectivity index (χ2v) is 6.91. The number of para-hydroxylation sites is 1. The Bertz CT molecular complexity index is 1140. The van der Waals surface area contributed by atoms with E-state index in [1.54, 1.807) is 0 Å². The first kappa shape index (κ1) is 18.0. The SMILES string of the molecule is CCc1ccc(C(=O)Nc2cc(-c3c(C)c4ccccc4n3CC)[nH]n2)cc1. The molecule has 2 aromatic carbocycles. The zero-order valence-electron chi connectivity index (χ0n) is 16.4. The Hall–Kier alpha value is -3.34. The summed E-state index contributed by atoms with van der Waals surface area (Å²) in [5.41, 5.74) is 6.24. The topological polar surface area (TPSA) is 62.7 Å². The summed E-state index contributed by atoms with van der Waals surface area (Å²) in [7, 11) is 0. The van der Waals surface area contributed by atoms with Gasteiger partial charge in [-0.15, -0.1) is 0 Å². The zero-order chi connectivity index (χ0) is 19.7. The van der Waals surface area contributed by atoms with E-state index in [9.17, 15) is 4.79 Å². The third-order valence-corrected chi connectivity index (χ3v) is 5.24. The smallest absolute Gasteiger partial charge is 0.256 e. The predicted molar refractivity (Wildman–Crippen MR) is 114 cm³/mol. The molecule has 5 heteroatoms. The van der Waals surface area contributed by atoms with Crippen LogP contribution in [0.15, 0.2) is 54.6 Å². The van der Waals surface area contributed by atoms with E-state index < -0.39 is 0 Å². The van der Waals surface area contributed by atoms with Crippen molar-refractivity contribution in [3.8, 4) is 11.4 Å². The minimum absolute atomic E-state index is 0.159. The largest absolute Gasteiger partial charge is 0.339 e. The van der Waals surface area contributed by atoms with Crippen molar-refractivity contribution in [3.05, 3.63) is 71.3 Å². The fourth-order valence-electron chi connectivity index (χ4n) is 3.74. The highest BCUT2D eigenvalue weighted by atomic mass is 16.1. The molecule has 1 amide bonds. The fourth-order valence-corrected chi connectivity index (χ4v) is 3.74. The Labute approximate surface area is 164 Å². The number of amides is 1. The molecule has 0 spiro atoms. The van der Waals surface area contributed by atoms with E-state index in [0.717, 1.165) is 24.4 Å². The molecule has 4 aromatic rings. The Morgan fingerprint density at radius 3 is 2.57 bits per heavy atom. The molecular formula is C23H24N4O. The summed E-state index contributed by atoms with van der Waals surface area (Å²) in [4.78, 5) is 12.5. The van der Waals surface area contributed by atoms with Gasteiger partial charge >= 0.3 is 0 Å². The molecule has 2 N–H and O–H groups in total. The van der Waals surface area contributed by atoms with Crippen LogP contribution in [0.5, 0.6) is 0 Å². The van der Waals surface area contributed by atoms with Gasteiger partial charge in [0.15, 0.2) is 5.82 Å². The van der Waals surface area contributed by atoms with Crippen molar-refractivity contribution in [3.63, 3.8) is 0 Å². The number of aryl methyl sites for hydroxylation is 3. The van der Waals surface area contributed by atoms with Gasteiger partial charge in [0.25, 0.3) is 5.91 Å². The van der Waals surface area contributed by atoms with Crippen LogP contribution in [0.3, 0.4) is 0 Å². The molecule has 0 aliphatic heterocycles. The van der Waals surface area contributed by atoms with Crippen LogP contribution in [-0.4, -0.2) is 20.7 Å². The number of benzene rings is 2. The molecule has 142 valence electrons. The van der Waals surface area contributed by atoms with E-state index in [-0.39, 0.29) is 5.91 Å². The number of carbonyl (C=O) groups is 1. The molecule has 0 atom stereocenters. The van der Waals surface area contributed by atoms with Gasteiger partial charge in [0, 0.05) is 29.1 Å². The second kappa shape index (κ2) is 7.35. The number of aromatic amines is 1. The normalized spacial score (nSPS) is 11.1. The molecule has 0 aliphatic rings. The molecular weight excluding hydrogens is 348 g/mol. The van der Waals surface area contributed by atoms with Crippen LogP contribution in [0, 0.1) is 6.92 Å². The Morgan fingerprint density at radius 2 is 1.86 bits per heavy atom. The maximum Gasteiger partial charge on any atom is 0.256 e. The van der Waals surface area contributed by atoms with Gasteiger partial charge < -0.3 is 9.88 Å². The third-order valence-electron chi connectivity index (χ3n) is 5.24. The minimum atomic E-state index is -0.159. The van der Waals surface area contributed by atoms with Gasteiger partial charge in [0.1, 0.15) is 0 Å².